The van der Waals surface area contributed by atoms with Crippen LogP contribution in [0.5, 0.6) is 0 Å². The molecule has 0 aromatic carbocycles. The highest BCUT2D eigenvalue weighted by Gasteiger charge is 2.47. The van der Waals surface area contributed by atoms with Crippen LogP contribution in [0.15, 0.2) is 24.5 Å². The molecular weight excluding hydrogens is 435 g/mol. The lowest BCUT2D eigenvalue weighted by atomic mass is 9.99. The number of pyridine rings is 1. The lowest BCUT2D eigenvalue weighted by Gasteiger charge is -2.41. The highest BCUT2D eigenvalue weighted by molar-refractivity contribution is 5.94. The number of hydrogen-bond acceptors (Lipinski definition) is 5. The number of nitrogens with one attached hydrogen (secondary N) is 2. The second-order valence-corrected chi connectivity index (χ2v) is 8.76. The zero-order valence-electron chi connectivity index (χ0n) is 18.3. The van der Waals surface area contributed by atoms with Crippen LogP contribution in [-0.4, -0.2) is 50.1 Å². The summed E-state index contributed by atoms with van der Waals surface area (Å²) >= 11 is 0. The van der Waals surface area contributed by atoms with Crippen molar-refractivity contribution in [1.29, 1.82) is 0 Å². The van der Waals surface area contributed by atoms with Gasteiger partial charge in [-0.3, -0.25) is 14.6 Å². The molecule has 0 bridgehead atoms. The second-order valence-electron chi connectivity index (χ2n) is 8.76. The first-order chi connectivity index (χ1) is 15.7. The van der Waals surface area contributed by atoms with E-state index in [4.69, 9.17) is 0 Å². The Hall–Kier alpha value is -3.37. The van der Waals surface area contributed by atoms with E-state index in [0.29, 0.717) is 17.9 Å². The number of hydrogen-bond donors (Lipinski definition) is 2. The molecule has 1 saturated heterocycles. The van der Waals surface area contributed by atoms with Crippen molar-refractivity contribution in [3.05, 3.63) is 58.3 Å². The molecule has 2 N–H and O–H groups in total. The zero-order chi connectivity index (χ0) is 23.3. The fourth-order valence-electron chi connectivity index (χ4n) is 4.42. The molecule has 4 heterocycles. The van der Waals surface area contributed by atoms with Crippen molar-refractivity contribution < 1.29 is 18.0 Å². The van der Waals surface area contributed by atoms with Crippen molar-refractivity contribution in [2.24, 2.45) is 5.92 Å². The van der Waals surface area contributed by atoms with Crippen molar-refractivity contribution in [3.63, 3.8) is 0 Å². The van der Waals surface area contributed by atoms with Crippen LogP contribution < -0.4 is 10.2 Å². The minimum Gasteiger partial charge on any atom is -0.355 e. The van der Waals surface area contributed by atoms with Crippen molar-refractivity contribution in [3.8, 4) is 0 Å². The van der Waals surface area contributed by atoms with Gasteiger partial charge in [0.2, 0.25) is 0 Å². The number of halogens is 3. The number of fused-ring (bicyclic) bond motifs is 1. The third kappa shape index (κ3) is 4.07. The van der Waals surface area contributed by atoms with E-state index in [1.807, 2.05) is 19.9 Å². The Morgan fingerprint density at radius 1 is 1.27 bits per heavy atom. The standard InChI is InChI=1S/C22H24F3N7O/c1-12-14(3-6-19(27-12)31-10-16(11-31)22(23,24)25)8-32-9-15(7-26-32)21(33)28-18-5-4-17-13(2)29-30-20(17)18/h3,6-7,9,16,18H,4-5,8,10-11H2,1-2H3,(H,28,33)(H,29,30). The van der Waals surface area contributed by atoms with E-state index in [-0.39, 0.29) is 25.0 Å². The molecule has 0 radical (unpaired) electrons. The number of aryl methyl sites for hydroxylation is 2. The van der Waals surface area contributed by atoms with E-state index >= 15 is 0 Å². The molecule has 11 heteroatoms. The Balaban J connectivity index is 1.21. The maximum atomic E-state index is 12.7. The first kappa shape index (κ1) is 21.5. The van der Waals surface area contributed by atoms with Crippen LogP contribution in [0.25, 0.3) is 0 Å². The Kier molecular flexibility index (Phi) is 5.13. The summed E-state index contributed by atoms with van der Waals surface area (Å²) in [5.41, 5.74) is 5.18. The molecule has 8 nitrogen and oxygen atoms in total. The van der Waals surface area contributed by atoms with Gasteiger partial charge in [0.05, 0.1) is 36.0 Å². The minimum absolute atomic E-state index is 0.0623. The summed E-state index contributed by atoms with van der Waals surface area (Å²) in [5, 5.41) is 14.6. The highest BCUT2D eigenvalue weighted by atomic mass is 19.4. The molecule has 2 aliphatic rings. The smallest absolute Gasteiger partial charge is 0.355 e. The summed E-state index contributed by atoms with van der Waals surface area (Å²) < 4.78 is 39.8. The van der Waals surface area contributed by atoms with Gasteiger partial charge in [0.25, 0.3) is 5.91 Å². The minimum atomic E-state index is -4.16. The number of amides is 1. The van der Waals surface area contributed by atoms with Gasteiger partial charge in [0, 0.05) is 30.7 Å². The van der Waals surface area contributed by atoms with E-state index in [1.165, 1.54) is 11.8 Å². The van der Waals surface area contributed by atoms with Crippen LogP contribution in [0.4, 0.5) is 19.0 Å². The van der Waals surface area contributed by atoms with Crippen molar-refractivity contribution >= 4 is 11.7 Å². The lowest BCUT2D eigenvalue weighted by molar-refractivity contribution is -0.180. The number of carbonyl (C=O) groups is 1. The summed E-state index contributed by atoms with van der Waals surface area (Å²) in [6, 6.07) is 3.47. The number of nitrogens with zero attached hydrogens (tertiary/aromatic N) is 5. The summed E-state index contributed by atoms with van der Waals surface area (Å²) in [4.78, 5) is 18.8. The molecule has 0 saturated carbocycles. The van der Waals surface area contributed by atoms with Gasteiger partial charge >= 0.3 is 6.18 Å². The molecule has 1 amide bonds. The van der Waals surface area contributed by atoms with Crippen LogP contribution in [-0.2, 0) is 13.0 Å². The third-order valence-electron chi connectivity index (χ3n) is 6.50. The van der Waals surface area contributed by atoms with Crippen LogP contribution in [0.3, 0.4) is 0 Å². The van der Waals surface area contributed by atoms with Gasteiger partial charge in [-0.05, 0) is 43.9 Å². The quantitative estimate of drug-likeness (QED) is 0.612. The van der Waals surface area contributed by atoms with E-state index < -0.39 is 12.1 Å². The predicted molar refractivity (Wildman–Crippen MR) is 114 cm³/mol. The topological polar surface area (TPSA) is 91.7 Å². The van der Waals surface area contributed by atoms with Crippen LogP contribution in [0, 0.1) is 19.8 Å². The van der Waals surface area contributed by atoms with Crippen molar-refractivity contribution in [2.45, 2.75) is 45.5 Å². The molecule has 3 aromatic rings. The van der Waals surface area contributed by atoms with E-state index in [9.17, 15) is 18.0 Å². The Bertz CT molecular complexity index is 1190. The Morgan fingerprint density at radius 2 is 2.06 bits per heavy atom. The summed E-state index contributed by atoms with van der Waals surface area (Å²) in [5.74, 6) is -0.954. The predicted octanol–water partition coefficient (Wildman–Crippen LogP) is 3.08. The monoisotopic (exact) mass is 459 g/mol. The summed E-state index contributed by atoms with van der Waals surface area (Å²) in [6.45, 7) is 4.08. The van der Waals surface area contributed by atoms with Gasteiger partial charge in [-0.1, -0.05) is 6.07 Å². The molecule has 1 atom stereocenters. The number of alkyl halides is 3. The maximum absolute atomic E-state index is 12.7. The van der Waals surface area contributed by atoms with E-state index in [0.717, 1.165) is 35.5 Å². The van der Waals surface area contributed by atoms with E-state index in [2.05, 4.69) is 25.6 Å². The fraction of sp³-hybridized carbons (Fsp3) is 0.455. The van der Waals surface area contributed by atoms with Gasteiger partial charge in [0.1, 0.15) is 5.82 Å². The molecule has 1 unspecified atom stereocenters. The van der Waals surface area contributed by atoms with Gasteiger partial charge in [-0.15, -0.1) is 0 Å². The third-order valence-corrected chi connectivity index (χ3v) is 6.50. The SMILES string of the molecule is Cc1nc(N2CC(C(F)(F)F)C2)ccc1Cn1cc(C(=O)NC2CCc3c2n[nH]c3C)cn1. The fourth-order valence-corrected chi connectivity index (χ4v) is 4.42. The van der Waals surface area contributed by atoms with Crippen molar-refractivity contribution in [1.82, 2.24) is 30.3 Å². The first-order valence-corrected chi connectivity index (χ1v) is 10.8. The molecule has 3 aromatic heterocycles. The first-order valence-electron chi connectivity index (χ1n) is 10.8. The molecule has 1 fully saturated rings. The normalized spacial score (nSPS) is 18.3. The van der Waals surface area contributed by atoms with Crippen molar-refractivity contribution in [2.75, 3.05) is 18.0 Å². The summed E-state index contributed by atoms with van der Waals surface area (Å²) in [6.07, 6.45) is 0.753. The van der Waals surface area contributed by atoms with Gasteiger partial charge in [0.15, 0.2) is 0 Å². The Labute approximate surface area is 188 Å². The Morgan fingerprint density at radius 3 is 2.79 bits per heavy atom. The lowest BCUT2D eigenvalue weighted by Crippen LogP contribution is -2.53. The number of rotatable bonds is 5. The van der Waals surface area contributed by atoms with Gasteiger partial charge < -0.3 is 10.2 Å². The number of anilines is 1. The summed E-state index contributed by atoms with van der Waals surface area (Å²) in [7, 11) is 0. The van der Waals surface area contributed by atoms with E-state index in [1.54, 1.807) is 21.8 Å². The number of carbonyl (C=O) groups excluding carboxylic acids is 1. The number of aromatic amines is 1. The molecule has 0 spiro atoms. The van der Waals surface area contributed by atoms with Gasteiger partial charge in [-0.25, -0.2) is 4.98 Å². The molecule has 1 aliphatic carbocycles. The molecule has 174 valence electrons. The maximum Gasteiger partial charge on any atom is 0.395 e. The zero-order valence-corrected chi connectivity index (χ0v) is 18.3. The highest BCUT2D eigenvalue weighted by Crippen LogP contribution is 2.35. The molecule has 33 heavy (non-hydrogen) atoms. The average molecular weight is 459 g/mol. The molecule has 5 rings (SSSR count). The average Bonchev–Trinajstić information content (AvgIpc) is 3.41. The number of aromatic nitrogens is 5. The van der Waals surface area contributed by atoms with Crippen LogP contribution >= 0.6 is 0 Å². The molecule has 1 aliphatic heterocycles. The second kappa shape index (κ2) is 7.89. The number of H-pyrrole nitrogens is 1. The largest absolute Gasteiger partial charge is 0.395 e. The van der Waals surface area contributed by atoms with Gasteiger partial charge in [-0.2, -0.15) is 23.4 Å². The van der Waals surface area contributed by atoms with Crippen LogP contribution in [0.2, 0.25) is 0 Å². The molecular formula is C22H24F3N7O. The van der Waals surface area contributed by atoms with Crippen LogP contribution in [0.1, 0.15) is 51.0 Å².